The standard InChI is InChI=1S/C10H14N2O/c13-12-8-4-10(5-9-12)11-6-2-1-3-7-11/h4-5,8-9H,1-3,6-7H2. The highest BCUT2D eigenvalue weighted by Gasteiger charge is 2.10. The van der Waals surface area contributed by atoms with Crippen molar-refractivity contribution in [2.45, 2.75) is 19.3 Å². The summed E-state index contributed by atoms with van der Waals surface area (Å²) in [6, 6.07) is 3.77. The van der Waals surface area contributed by atoms with Crippen LogP contribution in [-0.4, -0.2) is 13.1 Å². The molecule has 1 aromatic heterocycles. The van der Waals surface area contributed by atoms with Gasteiger partial charge in [0.15, 0.2) is 12.4 Å². The van der Waals surface area contributed by atoms with E-state index >= 15 is 0 Å². The predicted molar refractivity (Wildman–Crippen MR) is 51.5 cm³/mol. The molecule has 3 nitrogen and oxygen atoms in total. The molecule has 1 fully saturated rings. The van der Waals surface area contributed by atoms with Crippen molar-refractivity contribution in [3.63, 3.8) is 0 Å². The van der Waals surface area contributed by atoms with E-state index in [1.54, 1.807) is 12.4 Å². The van der Waals surface area contributed by atoms with E-state index in [4.69, 9.17) is 0 Å². The third kappa shape index (κ3) is 1.91. The first-order chi connectivity index (χ1) is 6.36. The van der Waals surface area contributed by atoms with Gasteiger partial charge in [0.05, 0.1) is 0 Å². The van der Waals surface area contributed by atoms with E-state index in [1.807, 2.05) is 12.1 Å². The molecule has 1 aliphatic rings. The van der Waals surface area contributed by atoms with Gasteiger partial charge in [-0.15, -0.1) is 0 Å². The van der Waals surface area contributed by atoms with Gasteiger partial charge in [-0.05, 0) is 19.3 Å². The van der Waals surface area contributed by atoms with Gasteiger partial charge < -0.3 is 10.1 Å². The van der Waals surface area contributed by atoms with Gasteiger partial charge in [-0.2, -0.15) is 4.73 Å². The van der Waals surface area contributed by atoms with Crippen LogP contribution in [0.25, 0.3) is 0 Å². The molecule has 0 radical (unpaired) electrons. The molecule has 70 valence electrons. The van der Waals surface area contributed by atoms with Gasteiger partial charge >= 0.3 is 0 Å². The molecule has 1 aliphatic heterocycles. The van der Waals surface area contributed by atoms with Crippen LogP contribution in [0.15, 0.2) is 24.5 Å². The molecule has 0 saturated carbocycles. The summed E-state index contributed by atoms with van der Waals surface area (Å²) in [6.45, 7) is 2.26. The average molecular weight is 178 g/mol. The second kappa shape index (κ2) is 3.64. The highest BCUT2D eigenvalue weighted by molar-refractivity contribution is 5.43. The van der Waals surface area contributed by atoms with Crippen LogP contribution in [0.1, 0.15) is 19.3 Å². The van der Waals surface area contributed by atoms with Crippen LogP contribution in [0, 0.1) is 5.21 Å². The maximum Gasteiger partial charge on any atom is 0.182 e. The van der Waals surface area contributed by atoms with Crippen LogP contribution in [0.2, 0.25) is 0 Å². The van der Waals surface area contributed by atoms with Crippen molar-refractivity contribution >= 4 is 5.69 Å². The molecule has 3 heteroatoms. The molecule has 0 unspecified atom stereocenters. The number of aromatic nitrogens is 1. The molecule has 1 saturated heterocycles. The Bertz CT molecular complexity index is 265. The molecule has 0 atom stereocenters. The van der Waals surface area contributed by atoms with Crippen LogP contribution in [0.4, 0.5) is 5.69 Å². The first-order valence-electron chi connectivity index (χ1n) is 4.80. The zero-order valence-electron chi connectivity index (χ0n) is 7.65. The fraction of sp³-hybridized carbons (Fsp3) is 0.500. The van der Waals surface area contributed by atoms with E-state index in [9.17, 15) is 5.21 Å². The number of hydrogen-bond donors (Lipinski definition) is 0. The lowest BCUT2D eigenvalue weighted by molar-refractivity contribution is -0.605. The molecule has 0 aromatic carbocycles. The Morgan fingerprint density at radius 3 is 2.31 bits per heavy atom. The Balaban J connectivity index is 2.10. The van der Waals surface area contributed by atoms with Crippen molar-refractivity contribution in [2.24, 2.45) is 0 Å². The summed E-state index contributed by atoms with van der Waals surface area (Å²) in [5, 5.41) is 10.8. The third-order valence-corrected chi connectivity index (χ3v) is 2.51. The molecule has 2 rings (SSSR count). The van der Waals surface area contributed by atoms with Gasteiger partial charge in [-0.1, -0.05) is 0 Å². The minimum absolute atomic E-state index is 0.827. The van der Waals surface area contributed by atoms with E-state index in [0.717, 1.165) is 17.8 Å². The lowest BCUT2D eigenvalue weighted by atomic mass is 10.1. The first-order valence-corrected chi connectivity index (χ1v) is 4.80. The third-order valence-electron chi connectivity index (χ3n) is 2.51. The maximum absolute atomic E-state index is 10.8. The van der Waals surface area contributed by atoms with Crippen LogP contribution >= 0.6 is 0 Å². The molecular weight excluding hydrogens is 164 g/mol. The van der Waals surface area contributed by atoms with Crippen LogP contribution in [0.5, 0.6) is 0 Å². The summed E-state index contributed by atoms with van der Waals surface area (Å²) in [6.07, 6.45) is 7.00. The zero-order chi connectivity index (χ0) is 9.10. The van der Waals surface area contributed by atoms with Crippen LogP contribution in [-0.2, 0) is 0 Å². The number of pyridine rings is 1. The summed E-state index contributed by atoms with van der Waals surface area (Å²) < 4.78 is 0.827. The van der Waals surface area contributed by atoms with Gasteiger partial charge in [0.25, 0.3) is 0 Å². The predicted octanol–water partition coefficient (Wildman–Crippen LogP) is 1.31. The van der Waals surface area contributed by atoms with E-state index in [0.29, 0.717) is 0 Å². The van der Waals surface area contributed by atoms with Crippen LogP contribution < -0.4 is 9.63 Å². The molecule has 0 bridgehead atoms. The molecule has 0 aliphatic carbocycles. The van der Waals surface area contributed by atoms with Gasteiger partial charge in [0.2, 0.25) is 0 Å². The highest BCUT2D eigenvalue weighted by Crippen LogP contribution is 2.17. The van der Waals surface area contributed by atoms with Gasteiger partial charge in [-0.25, -0.2) is 0 Å². The van der Waals surface area contributed by atoms with E-state index in [2.05, 4.69) is 4.90 Å². The first kappa shape index (κ1) is 8.35. The summed E-state index contributed by atoms with van der Waals surface area (Å²) >= 11 is 0. The van der Waals surface area contributed by atoms with Gasteiger partial charge in [0.1, 0.15) is 0 Å². The van der Waals surface area contributed by atoms with Crippen molar-refractivity contribution in [1.29, 1.82) is 0 Å². The van der Waals surface area contributed by atoms with Crippen molar-refractivity contribution in [3.8, 4) is 0 Å². The molecule has 0 spiro atoms. The van der Waals surface area contributed by atoms with Crippen LogP contribution in [0.3, 0.4) is 0 Å². The molecule has 2 heterocycles. The van der Waals surface area contributed by atoms with Gasteiger partial charge in [-0.3, -0.25) is 0 Å². The Morgan fingerprint density at radius 1 is 1.08 bits per heavy atom. The SMILES string of the molecule is [O-][n+]1ccc(N2CCCCC2)cc1. The van der Waals surface area contributed by atoms with Crippen molar-refractivity contribution in [1.82, 2.24) is 0 Å². The highest BCUT2D eigenvalue weighted by atomic mass is 16.5. The number of nitrogens with zero attached hydrogens (tertiary/aromatic N) is 2. The second-order valence-corrected chi connectivity index (χ2v) is 3.46. The Kier molecular flexibility index (Phi) is 2.34. The molecule has 0 N–H and O–H groups in total. The van der Waals surface area contributed by atoms with Gasteiger partial charge in [0, 0.05) is 30.9 Å². The molecule has 1 aromatic rings. The normalized spacial score (nSPS) is 17.4. The summed E-state index contributed by atoms with van der Waals surface area (Å²) in [5.74, 6) is 0. The Hall–Kier alpha value is -1.25. The molecule has 0 amide bonds. The zero-order valence-corrected chi connectivity index (χ0v) is 7.65. The van der Waals surface area contributed by atoms with E-state index < -0.39 is 0 Å². The maximum atomic E-state index is 10.8. The van der Waals surface area contributed by atoms with Crippen molar-refractivity contribution in [2.75, 3.05) is 18.0 Å². The summed E-state index contributed by atoms with van der Waals surface area (Å²) in [5.41, 5.74) is 1.17. The lowest BCUT2D eigenvalue weighted by Gasteiger charge is -2.28. The number of anilines is 1. The number of piperidine rings is 1. The largest absolute Gasteiger partial charge is 0.619 e. The van der Waals surface area contributed by atoms with Crippen molar-refractivity contribution in [3.05, 3.63) is 29.7 Å². The average Bonchev–Trinajstić information content (AvgIpc) is 2.20. The topological polar surface area (TPSA) is 30.2 Å². The molecule has 13 heavy (non-hydrogen) atoms. The Labute approximate surface area is 78.2 Å². The van der Waals surface area contributed by atoms with E-state index in [-0.39, 0.29) is 0 Å². The molecular formula is C10H14N2O. The fourth-order valence-corrected chi connectivity index (χ4v) is 1.77. The minimum Gasteiger partial charge on any atom is -0.619 e. The van der Waals surface area contributed by atoms with E-state index in [1.165, 1.54) is 24.9 Å². The fourth-order valence-electron chi connectivity index (χ4n) is 1.77. The lowest BCUT2D eigenvalue weighted by Crippen LogP contribution is -2.31. The second-order valence-electron chi connectivity index (χ2n) is 3.46. The Morgan fingerprint density at radius 2 is 1.69 bits per heavy atom. The monoisotopic (exact) mass is 178 g/mol. The summed E-state index contributed by atoms with van der Waals surface area (Å²) in [4.78, 5) is 2.34. The summed E-state index contributed by atoms with van der Waals surface area (Å²) in [7, 11) is 0. The number of rotatable bonds is 1. The van der Waals surface area contributed by atoms with Crippen molar-refractivity contribution < 1.29 is 4.73 Å². The minimum atomic E-state index is 0.827. The number of hydrogen-bond acceptors (Lipinski definition) is 2. The quantitative estimate of drug-likeness (QED) is 0.479. The smallest absolute Gasteiger partial charge is 0.182 e.